The predicted octanol–water partition coefficient (Wildman–Crippen LogP) is 4.47. The van der Waals surface area contributed by atoms with Gasteiger partial charge in [-0.2, -0.15) is 10.4 Å². The molecule has 0 bridgehead atoms. The van der Waals surface area contributed by atoms with Crippen LogP contribution in [0.25, 0.3) is 11.0 Å². The fraction of sp³-hybridized carbons (Fsp3) is 0.0556. The Bertz CT molecular complexity index is 1040. The molecule has 8 heteroatoms. The lowest BCUT2D eigenvalue weighted by molar-refractivity contribution is 0.0929. The molecule has 1 aromatic heterocycles. The quantitative estimate of drug-likeness (QED) is 0.304. The molecule has 0 radical (unpaired) electrons. The second-order valence-electron chi connectivity index (χ2n) is 5.13. The molecule has 1 amide bonds. The van der Waals surface area contributed by atoms with Gasteiger partial charge >= 0.3 is 5.91 Å². The molecule has 0 saturated heterocycles. The zero-order chi connectivity index (χ0) is 18.5. The Kier molecular flexibility index (Phi) is 5.90. The lowest BCUT2D eigenvalue weighted by Gasteiger charge is -2.04. The SMILES string of the molecule is N#CCOc1ccc(/C=N/NC(=O)c2cc3cc(Br)ccc3o2)cc1I. The average molecular weight is 524 g/mol. The van der Waals surface area contributed by atoms with Gasteiger partial charge in [0, 0.05) is 9.86 Å². The first kappa shape index (κ1) is 18.4. The largest absolute Gasteiger partial charge is 0.478 e. The molecule has 0 aliphatic carbocycles. The molecule has 26 heavy (non-hydrogen) atoms. The number of hydrazone groups is 1. The Balaban J connectivity index is 1.66. The number of nitrogens with zero attached hydrogens (tertiary/aromatic N) is 2. The second kappa shape index (κ2) is 8.33. The van der Waals surface area contributed by atoms with Gasteiger partial charge in [-0.1, -0.05) is 15.9 Å². The van der Waals surface area contributed by atoms with Crippen molar-refractivity contribution >= 4 is 61.6 Å². The van der Waals surface area contributed by atoms with E-state index in [4.69, 9.17) is 14.4 Å². The van der Waals surface area contributed by atoms with Gasteiger partial charge in [-0.15, -0.1) is 0 Å². The summed E-state index contributed by atoms with van der Waals surface area (Å²) >= 11 is 5.49. The highest BCUT2D eigenvalue weighted by molar-refractivity contribution is 14.1. The number of fused-ring (bicyclic) bond motifs is 1. The third-order valence-electron chi connectivity index (χ3n) is 3.33. The molecule has 0 fully saturated rings. The minimum Gasteiger partial charge on any atom is -0.478 e. The molecule has 3 rings (SSSR count). The van der Waals surface area contributed by atoms with Crippen molar-refractivity contribution in [2.75, 3.05) is 6.61 Å². The first-order valence-corrected chi connectivity index (χ1v) is 9.26. The molecule has 0 unspecified atom stereocenters. The van der Waals surface area contributed by atoms with E-state index < -0.39 is 5.91 Å². The van der Waals surface area contributed by atoms with Crippen LogP contribution in [-0.2, 0) is 0 Å². The Morgan fingerprint density at radius 1 is 1.35 bits per heavy atom. The Labute approximate surface area is 171 Å². The molecule has 0 spiro atoms. The van der Waals surface area contributed by atoms with Crippen molar-refractivity contribution in [1.82, 2.24) is 5.43 Å². The number of furan rings is 1. The summed E-state index contributed by atoms with van der Waals surface area (Å²) in [5, 5.41) is 13.3. The minimum absolute atomic E-state index is 0.00638. The van der Waals surface area contributed by atoms with Crippen molar-refractivity contribution in [3.63, 3.8) is 0 Å². The number of benzene rings is 2. The topological polar surface area (TPSA) is 87.6 Å². The van der Waals surface area contributed by atoms with Crippen molar-refractivity contribution < 1.29 is 13.9 Å². The molecule has 2 aromatic carbocycles. The van der Waals surface area contributed by atoms with Crippen LogP contribution in [0.5, 0.6) is 5.75 Å². The van der Waals surface area contributed by atoms with E-state index in [0.29, 0.717) is 11.3 Å². The van der Waals surface area contributed by atoms with E-state index in [1.165, 1.54) is 6.21 Å². The maximum Gasteiger partial charge on any atom is 0.307 e. The second-order valence-corrected chi connectivity index (χ2v) is 7.21. The maximum atomic E-state index is 12.1. The summed E-state index contributed by atoms with van der Waals surface area (Å²) in [6.45, 7) is -0.00638. The number of nitrogens with one attached hydrogen (secondary N) is 1. The van der Waals surface area contributed by atoms with Crippen molar-refractivity contribution in [3.05, 3.63) is 61.8 Å². The van der Waals surface area contributed by atoms with Gasteiger partial charge in [0.15, 0.2) is 12.4 Å². The van der Waals surface area contributed by atoms with Gasteiger partial charge < -0.3 is 9.15 Å². The molecule has 0 aliphatic rings. The number of carbonyl (C=O) groups excluding carboxylic acids is 1. The average Bonchev–Trinajstić information content (AvgIpc) is 3.04. The highest BCUT2D eigenvalue weighted by Crippen LogP contribution is 2.23. The van der Waals surface area contributed by atoms with Crippen LogP contribution in [-0.4, -0.2) is 18.7 Å². The van der Waals surface area contributed by atoms with Crippen LogP contribution in [0.3, 0.4) is 0 Å². The van der Waals surface area contributed by atoms with Crippen molar-refractivity contribution in [2.45, 2.75) is 0 Å². The summed E-state index contributed by atoms with van der Waals surface area (Å²) in [5.74, 6) is 0.379. The van der Waals surface area contributed by atoms with Gasteiger partial charge in [0.2, 0.25) is 0 Å². The number of ether oxygens (including phenoxy) is 1. The Hall–Kier alpha value is -2.38. The number of halogens is 2. The smallest absolute Gasteiger partial charge is 0.307 e. The summed E-state index contributed by atoms with van der Waals surface area (Å²) in [4.78, 5) is 12.1. The third kappa shape index (κ3) is 4.42. The lowest BCUT2D eigenvalue weighted by Crippen LogP contribution is -2.16. The summed E-state index contributed by atoms with van der Waals surface area (Å²) in [7, 11) is 0. The van der Waals surface area contributed by atoms with Crippen LogP contribution in [0, 0.1) is 14.9 Å². The molecule has 0 atom stereocenters. The monoisotopic (exact) mass is 523 g/mol. The van der Waals surface area contributed by atoms with E-state index in [9.17, 15) is 4.79 Å². The summed E-state index contributed by atoms with van der Waals surface area (Å²) in [5.41, 5.74) is 3.85. The van der Waals surface area contributed by atoms with Crippen molar-refractivity contribution in [1.29, 1.82) is 5.26 Å². The molecular weight excluding hydrogens is 513 g/mol. The van der Waals surface area contributed by atoms with Crippen molar-refractivity contribution in [3.8, 4) is 11.8 Å². The Morgan fingerprint density at radius 3 is 2.96 bits per heavy atom. The normalized spacial score (nSPS) is 10.8. The van der Waals surface area contributed by atoms with Crippen LogP contribution < -0.4 is 10.2 Å². The van der Waals surface area contributed by atoms with E-state index >= 15 is 0 Å². The number of rotatable bonds is 5. The van der Waals surface area contributed by atoms with Gasteiger partial charge in [-0.3, -0.25) is 4.79 Å². The predicted molar refractivity (Wildman–Crippen MR) is 109 cm³/mol. The van der Waals surface area contributed by atoms with Crippen LogP contribution >= 0.6 is 38.5 Å². The van der Waals surface area contributed by atoms with Crippen LogP contribution in [0.1, 0.15) is 16.1 Å². The van der Waals surface area contributed by atoms with E-state index in [0.717, 1.165) is 19.0 Å². The van der Waals surface area contributed by atoms with E-state index in [-0.39, 0.29) is 12.4 Å². The molecule has 6 nitrogen and oxygen atoms in total. The van der Waals surface area contributed by atoms with E-state index in [1.54, 1.807) is 24.3 Å². The number of nitriles is 1. The van der Waals surface area contributed by atoms with E-state index in [2.05, 4.69) is 49.0 Å². The molecular formula is C18H11BrIN3O3. The zero-order valence-electron chi connectivity index (χ0n) is 13.2. The third-order valence-corrected chi connectivity index (χ3v) is 4.67. The first-order chi connectivity index (χ1) is 12.6. The number of hydrogen-bond donors (Lipinski definition) is 1. The summed E-state index contributed by atoms with van der Waals surface area (Å²) in [6, 6.07) is 14.5. The van der Waals surface area contributed by atoms with Gasteiger partial charge in [-0.25, -0.2) is 5.43 Å². The van der Waals surface area contributed by atoms with Gasteiger partial charge in [0.05, 0.1) is 9.78 Å². The fourth-order valence-corrected chi connectivity index (χ4v) is 3.24. The number of amides is 1. The summed E-state index contributed by atoms with van der Waals surface area (Å²) < 4.78 is 12.5. The molecule has 0 saturated carbocycles. The zero-order valence-corrected chi connectivity index (χ0v) is 16.9. The number of hydrogen-bond acceptors (Lipinski definition) is 5. The standard InChI is InChI=1S/C18H11BrIN3O3/c19-13-2-4-15-12(8-13)9-17(26-15)18(24)23-22-10-11-1-3-16(14(20)7-11)25-6-5-21/h1-4,7-10H,6H2,(H,23,24)/b22-10+. The highest BCUT2D eigenvalue weighted by Gasteiger charge is 2.11. The van der Waals surface area contributed by atoms with E-state index in [1.807, 2.05) is 24.3 Å². The molecule has 1 N–H and O–H groups in total. The van der Waals surface area contributed by atoms with Gasteiger partial charge in [-0.05, 0) is 70.6 Å². The summed E-state index contributed by atoms with van der Waals surface area (Å²) in [6.07, 6.45) is 1.52. The molecule has 3 aromatic rings. The maximum absolute atomic E-state index is 12.1. The number of carbonyl (C=O) groups is 1. The van der Waals surface area contributed by atoms with Gasteiger partial charge in [0.1, 0.15) is 17.4 Å². The van der Waals surface area contributed by atoms with Crippen molar-refractivity contribution in [2.24, 2.45) is 5.10 Å². The molecule has 0 aliphatic heterocycles. The molecule has 130 valence electrons. The van der Waals surface area contributed by atoms with Gasteiger partial charge in [0.25, 0.3) is 0 Å². The fourth-order valence-electron chi connectivity index (χ4n) is 2.17. The van der Waals surface area contributed by atoms with Crippen LogP contribution in [0.15, 0.2) is 56.5 Å². The van der Waals surface area contributed by atoms with Crippen LogP contribution in [0.2, 0.25) is 0 Å². The first-order valence-electron chi connectivity index (χ1n) is 7.38. The lowest BCUT2D eigenvalue weighted by atomic mass is 10.2. The van der Waals surface area contributed by atoms with Crippen LogP contribution in [0.4, 0.5) is 0 Å². The Morgan fingerprint density at radius 2 is 2.19 bits per heavy atom. The highest BCUT2D eigenvalue weighted by atomic mass is 127. The molecule has 1 heterocycles. The minimum atomic E-state index is -0.433.